The van der Waals surface area contributed by atoms with Crippen molar-refractivity contribution in [3.8, 4) is 0 Å². The number of hydrogen-bond acceptors (Lipinski definition) is 16. The molecule has 5 saturated heterocycles. The van der Waals surface area contributed by atoms with Gasteiger partial charge in [-0.05, 0) is 34.7 Å². The highest BCUT2D eigenvalue weighted by atomic mass is 16.8. The predicted octanol–water partition coefficient (Wildman–Crippen LogP) is 11.3. The highest BCUT2D eigenvalue weighted by molar-refractivity contribution is 5.69. The van der Waals surface area contributed by atoms with Crippen LogP contribution < -0.4 is 0 Å². The average Bonchev–Trinajstić information content (AvgIpc) is 2.17. The molecule has 5 fully saturated rings. The van der Waals surface area contributed by atoms with E-state index < -0.39 is 104 Å². The monoisotopic (exact) mass is 1160 g/mol. The van der Waals surface area contributed by atoms with E-state index in [1.165, 1.54) is 0 Å². The molecule has 16 heteroatoms. The summed E-state index contributed by atoms with van der Waals surface area (Å²) in [6.45, 7) is 12.0. The van der Waals surface area contributed by atoms with Gasteiger partial charge in [0.05, 0.1) is 83.9 Å². The topological polar surface area (TPSA) is 162 Å². The third-order valence-corrected chi connectivity index (χ3v) is 16.5. The van der Waals surface area contributed by atoms with Gasteiger partial charge < -0.3 is 71.1 Å². The van der Waals surface area contributed by atoms with Crippen LogP contribution in [0.25, 0.3) is 0 Å². The molecule has 6 unspecified atom stereocenters. The highest BCUT2D eigenvalue weighted by Crippen LogP contribution is 2.47. The van der Waals surface area contributed by atoms with Crippen LogP contribution in [0.4, 0.5) is 0 Å². The molecule has 452 valence electrons. The van der Waals surface area contributed by atoms with Gasteiger partial charge in [0.2, 0.25) is 6.29 Å². The lowest BCUT2D eigenvalue weighted by atomic mass is 9.89. The molecular weight excluding hydrogens is 1080 g/mol. The zero-order valence-electron chi connectivity index (χ0n) is 49.1. The molecule has 11 rings (SSSR count). The first-order valence-electron chi connectivity index (χ1n) is 29.9. The Hall–Kier alpha value is -5.77. The molecule has 5 heterocycles. The van der Waals surface area contributed by atoms with Gasteiger partial charge in [-0.2, -0.15) is 0 Å². The fourth-order valence-electron chi connectivity index (χ4n) is 11.9. The van der Waals surface area contributed by atoms with E-state index in [1.807, 2.05) is 196 Å². The second kappa shape index (κ2) is 29.3. The summed E-state index contributed by atoms with van der Waals surface area (Å²) in [5, 5.41) is 8.44. The van der Waals surface area contributed by atoms with Crippen LogP contribution in [0.5, 0.6) is 0 Å². The van der Waals surface area contributed by atoms with Crippen LogP contribution in [0.3, 0.4) is 0 Å². The molecule has 6 aromatic rings. The predicted molar refractivity (Wildman–Crippen MR) is 314 cm³/mol. The average molecular weight is 1160 g/mol. The van der Waals surface area contributed by atoms with Crippen LogP contribution in [-0.2, 0) is 104 Å². The number of ether oxygens (including phenoxy) is 15. The van der Waals surface area contributed by atoms with Crippen molar-refractivity contribution in [3.63, 3.8) is 0 Å². The SMILES string of the molecule is CC(=N)O[C@@H]1OC(C)[C@H](O[C@@H]2OC[C@@H](C)[C@@H](O[C@@H]3OC[C@]4(COCc5ccccc5)O[C@@H](c5ccccc5)OC34)C2OCc2ccccc2)C(O[C@@H]2OC(COCc3ccccc3)[C@@H](OCc3ccccc3)C(OCc3ccccc3)[C@H]2C)[C@@H]1C. The Morgan fingerprint density at radius 2 is 0.953 bits per heavy atom. The summed E-state index contributed by atoms with van der Waals surface area (Å²) in [5.74, 6) is -1.12. The van der Waals surface area contributed by atoms with Crippen LogP contribution >= 0.6 is 0 Å². The summed E-state index contributed by atoms with van der Waals surface area (Å²) in [7, 11) is 0. The minimum atomic E-state index is -1.01. The summed E-state index contributed by atoms with van der Waals surface area (Å²) in [6.07, 6.45) is -10.4. The molecule has 5 aliphatic rings. The van der Waals surface area contributed by atoms with Gasteiger partial charge in [0.25, 0.3) is 0 Å². The Morgan fingerprint density at radius 1 is 0.471 bits per heavy atom. The molecule has 0 bridgehead atoms. The van der Waals surface area contributed by atoms with E-state index >= 15 is 0 Å². The molecule has 0 amide bonds. The van der Waals surface area contributed by atoms with Gasteiger partial charge in [-0.1, -0.05) is 203 Å². The van der Waals surface area contributed by atoms with Crippen LogP contribution in [0, 0.1) is 23.2 Å². The zero-order chi connectivity index (χ0) is 58.5. The fraction of sp³-hybridized carbons (Fsp3) is 0.464. The number of benzene rings is 6. The third-order valence-electron chi connectivity index (χ3n) is 16.5. The van der Waals surface area contributed by atoms with Crippen LogP contribution in [0.15, 0.2) is 182 Å². The van der Waals surface area contributed by atoms with E-state index in [4.69, 9.17) is 76.5 Å². The smallest absolute Gasteiger partial charge is 0.206 e. The first-order chi connectivity index (χ1) is 41.6. The van der Waals surface area contributed by atoms with E-state index in [1.54, 1.807) is 6.92 Å². The summed E-state index contributed by atoms with van der Waals surface area (Å²) in [4.78, 5) is 0. The van der Waals surface area contributed by atoms with Crippen molar-refractivity contribution < 1.29 is 71.1 Å². The van der Waals surface area contributed by atoms with Gasteiger partial charge in [-0.25, -0.2) is 0 Å². The summed E-state index contributed by atoms with van der Waals surface area (Å²) >= 11 is 0. The van der Waals surface area contributed by atoms with Crippen molar-refractivity contribution in [2.75, 3.05) is 26.4 Å². The Bertz CT molecular complexity index is 2940. The minimum absolute atomic E-state index is 0.000489. The van der Waals surface area contributed by atoms with Crippen LogP contribution in [0.1, 0.15) is 74.3 Å². The largest absolute Gasteiger partial charge is 0.452 e. The van der Waals surface area contributed by atoms with Gasteiger partial charge in [-0.3, -0.25) is 5.41 Å². The minimum Gasteiger partial charge on any atom is -0.452 e. The molecular formula is C69H81NO15. The third kappa shape index (κ3) is 15.3. The molecule has 0 spiro atoms. The van der Waals surface area contributed by atoms with E-state index in [-0.39, 0.29) is 44.9 Å². The molecule has 18 atom stereocenters. The van der Waals surface area contributed by atoms with Crippen LogP contribution in [0.2, 0.25) is 0 Å². The Kier molecular flexibility index (Phi) is 21.0. The lowest BCUT2D eigenvalue weighted by molar-refractivity contribution is -0.370. The lowest BCUT2D eigenvalue weighted by Crippen LogP contribution is -2.63. The van der Waals surface area contributed by atoms with Gasteiger partial charge in [0, 0.05) is 30.2 Å². The van der Waals surface area contributed by atoms with Crippen molar-refractivity contribution in [2.24, 2.45) is 17.8 Å². The first kappa shape index (κ1) is 60.9. The molecule has 0 radical (unpaired) electrons. The Labute approximate surface area is 499 Å². The summed E-state index contributed by atoms with van der Waals surface area (Å²) in [6, 6.07) is 60.1. The number of rotatable bonds is 25. The zero-order valence-corrected chi connectivity index (χ0v) is 49.1. The van der Waals surface area contributed by atoms with Crippen molar-refractivity contribution in [3.05, 3.63) is 215 Å². The summed E-state index contributed by atoms with van der Waals surface area (Å²) < 4.78 is 103. The van der Waals surface area contributed by atoms with E-state index in [0.717, 1.165) is 33.4 Å². The van der Waals surface area contributed by atoms with Gasteiger partial charge in [0.15, 0.2) is 31.1 Å². The van der Waals surface area contributed by atoms with Gasteiger partial charge in [0.1, 0.15) is 36.1 Å². The van der Waals surface area contributed by atoms with Crippen molar-refractivity contribution in [1.82, 2.24) is 0 Å². The van der Waals surface area contributed by atoms with E-state index in [9.17, 15) is 0 Å². The van der Waals surface area contributed by atoms with Crippen molar-refractivity contribution in [1.29, 1.82) is 5.41 Å². The number of fused-ring (bicyclic) bond motifs is 1. The molecule has 0 saturated carbocycles. The Morgan fingerprint density at radius 3 is 1.52 bits per heavy atom. The molecule has 0 aliphatic carbocycles. The quantitative estimate of drug-likeness (QED) is 0.0425. The standard InChI is InChI=1S/C69H81NO15/c1-45-36-76-67(62(75-41-54-32-20-10-21-33-54)57(45)81-68-63-69(44-77-68,43-72-38-51-26-14-7-15-27-51)85-66(84-63)55-34-22-11-23-35-55)83-60-48(4)78-64(79-49(5)70)47(3)59(60)82-65-46(2)58(73-39-52-28-16-8-17-29-52)61(74-40-53-30-18-9-19-31-53)56(80-65)42-71-37-50-24-12-6-13-25-50/h6-35,45-48,56-68,70H,36-44H2,1-5H3/t45-,46-,47+,48?,56?,57-,58?,59?,60+,61-,62?,63?,64+,65+,66+,67+,68+,69+/m1/s1. The fourth-order valence-corrected chi connectivity index (χ4v) is 11.9. The molecule has 85 heavy (non-hydrogen) atoms. The van der Waals surface area contributed by atoms with Crippen molar-refractivity contribution >= 4 is 5.90 Å². The Balaban J connectivity index is 0.881. The molecule has 6 aromatic carbocycles. The number of nitrogens with one attached hydrogen (secondary N) is 1. The second-order valence-corrected chi connectivity index (χ2v) is 23.0. The molecule has 1 N–H and O–H groups in total. The summed E-state index contributed by atoms with van der Waals surface area (Å²) in [5.41, 5.74) is 4.94. The maximum Gasteiger partial charge on any atom is 0.206 e. The van der Waals surface area contributed by atoms with Gasteiger partial charge in [-0.15, -0.1) is 0 Å². The molecule has 0 aromatic heterocycles. The van der Waals surface area contributed by atoms with E-state index in [0.29, 0.717) is 26.4 Å². The molecule has 5 aliphatic heterocycles. The highest BCUT2D eigenvalue weighted by Gasteiger charge is 2.61. The lowest BCUT2D eigenvalue weighted by Gasteiger charge is -2.50. The van der Waals surface area contributed by atoms with Gasteiger partial charge >= 0.3 is 0 Å². The maximum atomic E-state index is 8.44. The van der Waals surface area contributed by atoms with Crippen molar-refractivity contribution in [2.45, 2.75) is 160 Å². The normalized spacial score (nSPS) is 32.8. The number of hydrogen-bond donors (Lipinski definition) is 1. The van der Waals surface area contributed by atoms with Crippen LogP contribution in [-0.4, -0.2) is 118 Å². The van der Waals surface area contributed by atoms with E-state index in [2.05, 4.69) is 13.8 Å². The molecule has 16 nitrogen and oxygen atoms in total. The second-order valence-electron chi connectivity index (χ2n) is 23.0. The maximum absolute atomic E-state index is 8.44. The first-order valence-corrected chi connectivity index (χ1v) is 29.9.